The Bertz CT molecular complexity index is 226. The van der Waals surface area contributed by atoms with Crippen LogP contribution in [0.5, 0.6) is 0 Å². The second kappa shape index (κ2) is 15.4. The zero-order chi connectivity index (χ0) is 17.6. The van der Waals surface area contributed by atoms with Crippen molar-refractivity contribution >= 4 is 17.5 Å². The van der Waals surface area contributed by atoms with Gasteiger partial charge in [-0.05, 0) is 75.8 Å². The average Bonchev–Trinajstić information content (AvgIpc) is 2.67. The van der Waals surface area contributed by atoms with Gasteiger partial charge in [0.05, 0.1) is 0 Å². The molecule has 3 aliphatic carbocycles. The van der Waals surface area contributed by atoms with Gasteiger partial charge in [-0.25, -0.2) is 0 Å². The van der Waals surface area contributed by atoms with Crippen molar-refractivity contribution in [1.82, 2.24) is 0 Å². The Morgan fingerprint density at radius 1 is 0.583 bits per heavy atom. The first-order chi connectivity index (χ1) is 11.9. The van der Waals surface area contributed by atoms with Crippen molar-refractivity contribution in [2.75, 3.05) is 0 Å². The van der Waals surface area contributed by atoms with E-state index in [2.05, 4.69) is 41.6 Å². The quantitative estimate of drug-likeness (QED) is 0.294. The van der Waals surface area contributed by atoms with Crippen molar-refractivity contribution < 1.29 is 18.2 Å². The molecule has 0 aromatic rings. The molecule has 0 atom stereocenters. The third-order valence-corrected chi connectivity index (χ3v) is 10.1. The van der Waals surface area contributed by atoms with Crippen molar-refractivity contribution in [3.05, 3.63) is 20.3 Å². The predicted octanol–water partition coefficient (Wildman–Crippen LogP) is 8.01. The van der Waals surface area contributed by atoms with Crippen molar-refractivity contribution in [2.24, 2.45) is 0 Å². The summed E-state index contributed by atoms with van der Waals surface area (Å²) in [5, 5.41) is 0. The normalized spacial score (nSPS) is 23.9. The molecule has 0 amide bonds. The van der Waals surface area contributed by atoms with E-state index in [9.17, 15) is 0 Å². The van der Waals surface area contributed by atoms with Crippen molar-refractivity contribution in [3.63, 3.8) is 0 Å². The van der Waals surface area contributed by atoms with E-state index in [4.69, 9.17) is 0 Å². The summed E-state index contributed by atoms with van der Waals surface area (Å²) >= 11 is 2.22. The predicted molar refractivity (Wildman–Crippen MR) is 108 cm³/mol. The Labute approximate surface area is 168 Å². The van der Waals surface area contributed by atoms with Crippen molar-refractivity contribution in [1.29, 1.82) is 0 Å². The molecule has 3 rings (SSSR count). The fourth-order valence-electron chi connectivity index (χ4n) is 5.03. The molecule has 0 nitrogen and oxygen atoms in total. The molecule has 3 radical (unpaired) electrons. The van der Waals surface area contributed by atoms with Gasteiger partial charge in [0.1, 0.15) is 0 Å². The first-order valence-electron chi connectivity index (χ1n) is 10.2. The number of hydrogen-bond acceptors (Lipinski definition) is 0. The number of hydrogen-bond donors (Lipinski definition) is 0. The molecule has 0 saturated heterocycles. The number of rotatable bonds is 3. The van der Waals surface area contributed by atoms with Crippen LogP contribution in [0, 0.1) is 20.3 Å². The van der Waals surface area contributed by atoms with Crippen molar-refractivity contribution in [3.8, 4) is 0 Å². The Kier molecular flexibility index (Phi) is 15.1. The van der Waals surface area contributed by atoms with Gasteiger partial charge in [0.25, 0.3) is 0 Å². The van der Waals surface area contributed by atoms with Crippen LogP contribution in [-0.2, 0) is 18.2 Å². The van der Waals surface area contributed by atoms with Gasteiger partial charge in [-0.3, -0.25) is 0 Å². The standard InChI is InChI=1S/C18H33P.C3H5.ClH.Pd/c1-4-10-16(11-5-1)19(17-12-6-2-7-13-17)18-14-8-3-9-15-18;1-3-2;;/h16-18H,1-15H2;3H,1-2H2;1H;/q;;;+2/p-1. The van der Waals surface area contributed by atoms with E-state index >= 15 is 0 Å². The summed E-state index contributed by atoms with van der Waals surface area (Å²) in [5.74, 6) is 0. The fourth-order valence-corrected chi connectivity index (χ4v) is 9.71. The van der Waals surface area contributed by atoms with Gasteiger partial charge in [-0.2, -0.15) is 0 Å². The summed E-state index contributed by atoms with van der Waals surface area (Å²) in [4.78, 5) is 0. The number of halogens is 1. The second-order valence-electron chi connectivity index (χ2n) is 7.61. The minimum absolute atomic E-state index is 0.385. The van der Waals surface area contributed by atoms with Crippen LogP contribution in [0.15, 0.2) is 0 Å². The molecule has 0 heterocycles. The molecule has 0 unspecified atom stereocenters. The molecule has 0 N–H and O–H groups in total. The SMILES string of the molecule is C1CCC(P(C2CCCCC2)C2CCCCC2)CC1.[CH2][CH][CH2].[Cl][Pd+]. The van der Waals surface area contributed by atoms with Gasteiger partial charge in [0.15, 0.2) is 0 Å². The second-order valence-corrected chi connectivity index (χ2v) is 10.7. The Morgan fingerprint density at radius 2 is 0.792 bits per heavy atom. The van der Waals surface area contributed by atoms with E-state index in [0.29, 0.717) is 7.92 Å². The van der Waals surface area contributed by atoms with Gasteiger partial charge in [0.2, 0.25) is 0 Å². The van der Waals surface area contributed by atoms with E-state index in [1.807, 2.05) is 0 Å². The summed E-state index contributed by atoms with van der Waals surface area (Å²) in [6.07, 6.45) is 25.1. The third-order valence-electron chi connectivity index (χ3n) is 5.99. The van der Waals surface area contributed by atoms with Gasteiger partial charge in [-0.15, -0.1) is 0 Å². The molecule has 3 heteroatoms. The summed E-state index contributed by atoms with van der Waals surface area (Å²) < 4.78 is 0. The van der Waals surface area contributed by atoms with Crippen LogP contribution in [0.1, 0.15) is 96.3 Å². The maximum atomic E-state index is 4.49. The summed E-state index contributed by atoms with van der Waals surface area (Å²) in [5.41, 5.74) is 3.57. The molecular formula is C21H38ClPPd+. The van der Waals surface area contributed by atoms with E-state index in [1.54, 1.807) is 77.0 Å². The molecule has 0 aromatic heterocycles. The van der Waals surface area contributed by atoms with Crippen LogP contribution in [-0.4, -0.2) is 17.0 Å². The van der Waals surface area contributed by atoms with Gasteiger partial charge in [0, 0.05) is 0 Å². The van der Waals surface area contributed by atoms with E-state index < -0.39 is 0 Å². The molecule has 0 spiro atoms. The molecule has 3 saturated carbocycles. The average molecular weight is 463 g/mol. The third kappa shape index (κ3) is 8.38. The van der Waals surface area contributed by atoms with Crippen LogP contribution in [0.2, 0.25) is 0 Å². The monoisotopic (exact) mass is 462 g/mol. The van der Waals surface area contributed by atoms with Gasteiger partial charge < -0.3 is 0 Å². The summed E-state index contributed by atoms with van der Waals surface area (Å²) in [7, 11) is 4.87. The first kappa shape index (κ1) is 23.4. The molecule has 3 aliphatic rings. The van der Waals surface area contributed by atoms with Crippen LogP contribution in [0.25, 0.3) is 0 Å². The summed E-state index contributed by atoms with van der Waals surface area (Å²) in [6, 6.07) is 0. The molecule has 24 heavy (non-hydrogen) atoms. The van der Waals surface area contributed by atoms with Gasteiger partial charge in [-0.1, -0.05) is 65.7 Å². The molecule has 3 fully saturated rings. The zero-order valence-electron chi connectivity index (χ0n) is 15.5. The Hall–Kier alpha value is 1.38. The molecule has 0 bridgehead atoms. The molecule has 0 aliphatic heterocycles. The van der Waals surface area contributed by atoms with Crippen LogP contribution in [0.3, 0.4) is 0 Å². The fraction of sp³-hybridized carbons (Fsp3) is 0.857. The van der Waals surface area contributed by atoms with E-state index in [0.717, 1.165) is 0 Å². The molecule has 143 valence electrons. The Morgan fingerprint density at radius 3 is 1.00 bits per heavy atom. The van der Waals surface area contributed by atoms with E-state index in [1.165, 1.54) is 42.7 Å². The summed E-state index contributed by atoms with van der Waals surface area (Å²) in [6.45, 7) is 6.50. The Balaban J connectivity index is 0.000000521. The van der Waals surface area contributed by atoms with E-state index in [-0.39, 0.29) is 0 Å². The minimum atomic E-state index is 0.385. The van der Waals surface area contributed by atoms with Crippen LogP contribution >= 0.6 is 17.5 Å². The van der Waals surface area contributed by atoms with Crippen LogP contribution in [0.4, 0.5) is 0 Å². The molecular weight excluding hydrogens is 425 g/mol. The van der Waals surface area contributed by atoms with Crippen LogP contribution < -0.4 is 0 Å². The van der Waals surface area contributed by atoms with Gasteiger partial charge >= 0.3 is 27.7 Å². The molecule has 0 aromatic carbocycles. The first-order valence-corrected chi connectivity index (χ1v) is 13.7. The zero-order valence-corrected chi connectivity index (χ0v) is 18.7. The topological polar surface area (TPSA) is 0 Å². The maximum absolute atomic E-state index is 4.49. The van der Waals surface area contributed by atoms with Crippen molar-refractivity contribution in [2.45, 2.75) is 113 Å².